The summed E-state index contributed by atoms with van der Waals surface area (Å²) in [5, 5.41) is 1.96. The zero-order valence-corrected chi connectivity index (χ0v) is 15.1. The first kappa shape index (κ1) is 16.8. The SMILES string of the molecule is O=C(c1sccc1-c1ccccc1)N1CCN(c2ccccc2F)CC1. The van der Waals surface area contributed by atoms with Crippen LogP contribution >= 0.6 is 11.3 Å². The Morgan fingerprint density at radius 1 is 0.885 bits per heavy atom. The van der Waals surface area contributed by atoms with E-state index in [-0.39, 0.29) is 11.7 Å². The van der Waals surface area contributed by atoms with Crippen molar-refractivity contribution in [1.29, 1.82) is 0 Å². The van der Waals surface area contributed by atoms with Gasteiger partial charge in [0.1, 0.15) is 5.82 Å². The van der Waals surface area contributed by atoms with Gasteiger partial charge >= 0.3 is 0 Å². The van der Waals surface area contributed by atoms with Gasteiger partial charge in [-0.15, -0.1) is 11.3 Å². The third kappa shape index (κ3) is 3.22. The maximum Gasteiger partial charge on any atom is 0.264 e. The molecule has 0 saturated carbocycles. The average Bonchev–Trinajstić information content (AvgIpc) is 3.18. The molecule has 1 aliphatic rings. The summed E-state index contributed by atoms with van der Waals surface area (Å²) in [6, 6.07) is 18.8. The van der Waals surface area contributed by atoms with Crippen LogP contribution < -0.4 is 4.90 Å². The molecule has 2 heterocycles. The molecule has 26 heavy (non-hydrogen) atoms. The molecule has 0 bridgehead atoms. The van der Waals surface area contributed by atoms with E-state index >= 15 is 0 Å². The average molecular weight is 366 g/mol. The summed E-state index contributed by atoms with van der Waals surface area (Å²) < 4.78 is 14.0. The van der Waals surface area contributed by atoms with E-state index in [1.54, 1.807) is 12.1 Å². The fraction of sp³-hybridized carbons (Fsp3) is 0.190. The van der Waals surface area contributed by atoms with E-state index < -0.39 is 0 Å². The molecule has 3 aromatic rings. The molecule has 4 rings (SSSR count). The van der Waals surface area contributed by atoms with Crippen LogP contribution in [0.25, 0.3) is 11.1 Å². The van der Waals surface area contributed by atoms with Crippen LogP contribution in [0.5, 0.6) is 0 Å². The number of nitrogens with zero attached hydrogens (tertiary/aromatic N) is 2. The minimum Gasteiger partial charge on any atom is -0.366 e. The van der Waals surface area contributed by atoms with Gasteiger partial charge in [-0.3, -0.25) is 4.79 Å². The summed E-state index contributed by atoms with van der Waals surface area (Å²) in [4.78, 5) is 17.7. The summed E-state index contributed by atoms with van der Waals surface area (Å²) in [5.41, 5.74) is 2.65. The maximum atomic E-state index is 14.0. The topological polar surface area (TPSA) is 23.6 Å². The second-order valence-corrected chi connectivity index (χ2v) is 7.18. The van der Waals surface area contributed by atoms with Gasteiger partial charge in [0.2, 0.25) is 0 Å². The van der Waals surface area contributed by atoms with Crippen molar-refractivity contribution in [2.24, 2.45) is 0 Å². The molecule has 0 spiro atoms. The van der Waals surface area contributed by atoms with Crippen LogP contribution in [-0.2, 0) is 0 Å². The van der Waals surface area contributed by atoms with Crippen LogP contribution in [0.4, 0.5) is 10.1 Å². The van der Waals surface area contributed by atoms with E-state index in [4.69, 9.17) is 0 Å². The Kier molecular flexibility index (Phi) is 4.71. The number of carbonyl (C=O) groups excluding carboxylic acids is 1. The molecule has 0 unspecified atom stereocenters. The first-order valence-corrected chi connectivity index (χ1v) is 9.53. The third-order valence-electron chi connectivity index (χ3n) is 4.70. The second kappa shape index (κ2) is 7.30. The molecule has 0 aliphatic carbocycles. The van der Waals surface area contributed by atoms with E-state index in [1.807, 2.05) is 57.6 Å². The van der Waals surface area contributed by atoms with Gasteiger partial charge in [0.05, 0.1) is 10.6 Å². The Hall–Kier alpha value is -2.66. The molecular weight excluding hydrogens is 347 g/mol. The number of carbonyl (C=O) groups is 1. The van der Waals surface area contributed by atoms with Crippen LogP contribution in [-0.4, -0.2) is 37.0 Å². The van der Waals surface area contributed by atoms with Gasteiger partial charge in [-0.2, -0.15) is 0 Å². The normalized spacial score (nSPS) is 14.5. The molecule has 3 nitrogen and oxygen atoms in total. The molecule has 2 aromatic carbocycles. The number of anilines is 1. The van der Waals surface area contributed by atoms with Gasteiger partial charge in [0, 0.05) is 31.7 Å². The Balaban J connectivity index is 1.48. The van der Waals surface area contributed by atoms with Crippen LogP contribution in [0.15, 0.2) is 66.0 Å². The minimum atomic E-state index is -0.211. The van der Waals surface area contributed by atoms with Crippen LogP contribution in [0.2, 0.25) is 0 Å². The number of rotatable bonds is 3. The fourth-order valence-electron chi connectivity index (χ4n) is 3.32. The maximum absolute atomic E-state index is 14.0. The zero-order valence-electron chi connectivity index (χ0n) is 14.3. The number of halogens is 1. The summed E-state index contributed by atoms with van der Waals surface area (Å²) in [5.74, 6) is -0.149. The quantitative estimate of drug-likeness (QED) is 0.681. The van der Waals surface area contributed by atoms with Gasteiger partial charge < -0.3 is 9.80 Å². The number of piperazine rings is 1. The molecular formula is C21H19FN2OS. The predicted molar refractivity (Wildman–Crippen MR) is 104 cm³/mol. The molecule has 1 aliphatic heterocycles. The molecule has 1 amide bonds. The fourth-order valence-corrected chi connectivity index (χ4v) is 4.21. The molecule has 0 atom stereocenters. The zero-order chi connectivity index (χ0) is 17.9. The van der Waals surface area contributed by atoms with E-state index in [2.05, 4.69) is 0 Å². The Bertz CT molecular complexity index is 901. The highest BCUT2D eigenvalue weighted by Crippen LogP contribution is 2.30. The van der Waals surface area contributed by atoms with Crippen molar-refractivity contribution in [2.75, 3.05) is 31.1 Å². The van der Waals surface area contributed by atoms with Crippen molar-refractivity contribution in [3.05, 3.63) is 76.7 Å². The minimum absolute atomic E-state index is 0.0621. The van der Waals surface area contributed by atoms with Gasteiger partial charge in [-0.25, -0.2) is 4.39 Å². The molecule has 1 fully saturated rings. The number of thiophene rings is 1. The monoisotopic (exact) mass is 366 g/mol. The highest BCUT2D eigenvalue weighted by molar-refractivity contribution is 7.12. The number of benzene rings is 2. The standard InChI is InChI=1S/C21H19FN2OS/c22-18-8-4-5-9-19(18)23-11-13-24(14-12-23)21(25)20-17(10-15-26-20)16-6-2-1-3-7-16/h1-10,15H,11-14H2. The molecule has 0 radical (unpaired) electrons. The first-order chi connectivity index (χ1) is 12.7. The Morgan fingerprint density at radius 2 is 1.58 bits per heavy atom. The lowest BCUT2D eigenvalue weighted by Crippen LogP contribution is -2.49. The van der Waals surface area contributed by atoms with Crippen LogP contribution in [0.3, 0.4) is 0 Å². The number of hydrogen-bond donors (Lipinski definition) is 0. The summed E-state index contributed by atoms with van der Waals surface area (Å²) in [6.45, 7) is 2.47. The van der Waals surface area contributed by atoms with Crippen LogP contribution in [0, 0.1) is 5.82 Å². The third-order valence-corrected chi connectivity index (χ3v) is 5.61. The lowest BCUT2D eigenvalue weighted by molar-refractivity contribution is 0.0752. The van der Waals surface area contributed by atoms with Crippen molar-refractivity contribution in [3.8, 4) is 11.1 Å². The van der Waals surface area contributed by atoms with Crippen molar-refractivity contribution in [1.82, 2.24) is 4.90 Å². The van der Waals surface area contributed by atoms with Gasteiger partial charge in [0.25, 0.3) is 5.91 Å². The summed E-state index contributed by atoms with van der Waals surface area (Å²) >= 11 is 1.48. The lowest BCUT2D eigenvalue weighted by atomic mass is 10.1. The van der Waals surface area contributed by atoms with E-state index in [9.17, 15) is 9.18 Å². The second-order valence-electron chi connectivity index (χ2n) is 6.26. The molecule has 132 valence electrons. The molecule has 1 saturated heterocycles. The molecule has 0 N–H and O–H groups in total. The highest BCUT2D eigenvalue weighted by atomic mass is 32.1. The molecule has 1 aromatic heterocycles. The highest BCUT2D eigenvalue weighted by Gasteiger charge is 2.26. The smallest absolute Gasteiger partial charge is 0.264 e. The lowest BCUT2D eigenvalue weighted by Gasteiger charge is -2.36. The number of hydrogen-bond acceptors (Lipinski definition) is 3. The van der Waals surface area contributed by atoms with E-state index in [0.29, 0.717) is 31.9 Å². The van der Waals surface area contributed by atoms with E-state index in [0.717, 1.165) is 16.0 Å². The largest absolute Gasteiger partial charge is 0.366 e. The summed E-state index contributed by atoms with van der Waals surface area (Å²) in [6.07, 6.45) is 0. The van der Waals surface area contributed by atoms with Gasteiger partial charge in [-0.05, 0) is 29.1 Å². The Labute approximate surface area is 156 Å². The molecule has 5 heteroatoms. The predicted octanol–water partition coefficient (Wildman–Crippen LogP) is 4.52. The van der Waals surface area contributed by atoms with Crippen molar-refractivity contribution in [3.63, 3.8) is 0 Å². The van der Waals surface area contributed by atoms with Crippen molar-refractivity contribution in [2.45, 2.75) is 0 Å². The van der Waals surface area contributed by atoms with Crippen molar-refractivity contribution >= 4 is 22.9 Å². The number of para-hydroxylation sites is 1. The van der Waals surface area contributed by atoms with Gasteiger partial charge in [0.15, 0.2) is 0 Å². The van der Waals surface area contributed by atoms with Crippen LogP contribution in [0.1, 0.15) is 9.67 Å². The summed E-state index contributed by atoms with van der Waals surface area (Å²) in [7, 11) is 0. The number of amides is 1. The van der Waals surface area contributed by atoms with Gasteiger partial charge in [-0.1, -0.05) is 42.5 Å². The Morgan fingerprint density at radius 3 is 2.31 bits per heavy atom. The van der Waals surface area contributed by atoms with Crippen molar-refractivity contribution < 1.29 is 9.18 Å². The van der Waals surface area contributed by atoms with E-state index in [1.165, 1.54) is 17.4 Å². The first-order valence-electron chi connectivity index (χ1n) is 8.66.